The van der Waals surface area contributed by atoms with E-state index >= 15 is 0 Å². The molecule has 6 heteroatoms. The third-order valence-electron chi connectivity index (χ3n) is 2.05. The lowest BCUT2D eigenvalue weighted by Crippen LogP contribution is -2.11. The zero-order valence-corrected chi connectivity index (χ0v) is 10.6. The van der Waals surface area contributed by atoms with Crippen LogP contribution in [0.2, 0.25) is 0 Å². The standard InChI is InChI=1S/C11H10BrN3O2/c1-6-2-10(17-15-6)14-11(16)7-3-8(12)5-9(13)4-7/h2-5H,13H2,1H3,(H,14,16). The van der Waals surface area contributed by atoms with E-state index in [4.69, 9.17) is 10.3 Å². The van der Waals surface area contributed by atoms with Gasteiger partial charge in [0.2, 0.25) is 5.88 Å². The lowest BCUT2D eigenvalue weighted by molar-refractivity contribution is 0.102. The molecule has 0 aliphatic heterocycles. The van der Waals surface area contributed by atoms with Gasteiger partial charge in [0, 0.05) is 21.8 Å². The number of anilines is 2. The first-order valence-corrected chi connectivity index (χ1v) is 5.64. The van der Waals surface area contributed by atoms with E-state index in [1.54, 1.807) is 31.2 Å². The number of hydrogen-bond acceptors (Lipinski definition) is 4. The molecule has 0 bridgehead atoms. The molecule has 1 amide bonds. The molecule has 88 valence electrons. The molecular weight excluding hydrogens is 286 g/mol. The van der Waals surface area contributed by atoms with Gasteiger partial charge in [-0.2, -0.15) is 0 Å². The molecule has 0 radical (unpaired) electrons. The SMILES string of the molecule is Cc1cc(NC(=O)c2cc(N)cc(Br)c2)on1. The Morgan fingerprint density at radius 3 is 2.76 bits per heavy atom. The minimum absolute atomic E-state index is 0.297. The Morgan fingerprint density at radius 2 is 2.18 bits per heavy atom. The van der Waals surface area contributed by atoms with Crippen molar-refractivity contribution in [2.75, 3.05) is 11.1 Å². The maximum atomic E-state index is 11.9. The lowest BCUT2D eigenvalue weighted by atomic mass is 10.2. The molecule has 1 heterocycles. The van der Waals surface area contributed by atoms with Gasteiger partial charge in [-0.25, -0.2) is 0 Å². The molecular formula is C11H10BrN3O2. The molecule has 17 heavy (non-hydrogen) atoms. The van der Waals surface area contributed by atoms with Gasteiger partial charge in [0.05, 0.1) is 5.69 Å². The molecule has 1 aromatic heterocycles. The number of nitrogen functional groups attached to an aromatic ring is 1. The van der Waals surface area contributed by atoms with E-state index in [-0.39, 0.29) is 5.91 Å². The van der Waals surface area contributed by atoms with Crippen LogP contribution >= 0.6 is 15.9 Å². The zero-order chi connectivity index (χ0) is 12.4. The van der Waals surface area contributed by atoms with E-state index in [0.717, 1.165) is 4.47 Å². The summed E-state index contributed by atoms with van der Waals surface area (Å²) in [4.78, 5) is 11.9. The number of nitrogens with zero attached hydrogens (tertiary/aromatic N) is 1. The molecule has 0 aliphatic carbocycles. The summed E-state index contributed by atoms with van der Waals surface area (Å²) in [5.74, 6) is 0.0141. The molecule has 3 N–H and O–H groups in total. The normalized spacial score (nSPS) is 10.2. The number of benzene rings is 1. The Labute approximate surface area is 106 Å². The van der Waals surface area contributed by atoms with Crippen LogP contribution in [0.25, 0.3) is 0 Å². The number of carbonyl (C=O) groups excluding carboxylic acids is 1. The molecule has 2 aromatic rings. The fourth-order valence-electron chi connectivity index (χ4n) is 1.35. The Kier molecular flexibility index (Phi) is 3.14. The third kappa shape index (κ3) is 2.85. The number of nitrogens with two attached hydrogens (primary N) is 1. The quantitative estimate of drug-likeness (QED) is 0.835. The number of nitrogens with one attached hydrogen (secondary N) is 1. The van der Waals surface area contributed by atoms with Crippen LogP contribution in [-0.4, -0.2) is 11.1 Å². The lowest BCUT2D eigenvalue weighted by Gasteiger charge is -2.03. The molecule has 2 rings (SSSR count). The summed E-state index contributed by atoms with van der Waals surface area (Å²) in [6, 6.07) is 6.62. The highest BCUT2D eigenvalue weighted by molar-refractivity contribution is 9.10. The topological polar surface area (TPSA) is 81.2 Å². The summed E-state index contributed by atoms with van der Waals surface area (Å²) in [6.45, 7) is 1.77. The molecule has 0 aliphatic rings. The Balaban J connectivity index is 2.19. The fourth-order valence-corrected chi connectivity index (χ4v) is 1.86. The molecule has 0 fully saturated rings. The van der Waals surface area contributed by atoms with Crippen molar-refractivity contribution in [3.05, 3.63) is 40.0 Å². The number of carbonyl (C=O) groups is 1. The number of aryl methyl sites for hydroxylation is 1. The van der Waals surface area contributed by atoms with Crippen molar-refractivity contribution in [1.29, 1.82) is 0 Å². The maximum Gasteiger partial charge on any atom is 0.258 e. The Bertz CT molecular complexity index is 545. The van der Waals surface area contributed by atoms with Crippen molar-refractivity contribution >= 4 is 33.4 Å². The van der Waals surface area contributed by atoms with Crippen molar-refractivity contribution in [3.63, 3.8) is 0 Å². The summed E-state index contributed by atoms with van der Waals surface area (Å²) >= 11 is 3.28. The monoisotopic (exact) mass is 295 g/mol. The first-order valence-electron chi connectivity index (χ1n) is 4.85. The van der Waals surface area contributed by atoms with Crippen LogP contribution in [0.4, 0.5) is 11.6 Å². The largest absolute Gasteiger partial charge is 0.399 e. The molecule has 0 atom stereocenters. The second kappa shape index (κ2) is 4.58. The first-order chi connectivity index (χ1) is 8.04. The molecule has 5 nitrogen and oxygen atoms in total. The van der Waals surface area contributed by atoms with E-state index in [9.17, 15) is 4.79 Å². The van der Waals surface area contributed by atoms with Crippen LogP contribution in [0, 0.1) is 6.92 Å². The van der Waals surface area contributed by atoms with E-state index in [0.29, 0.717) is 22.8 Å². The van der Waals surface area contributed by atoms with Gasteiger partial charge >= 0.3 is 0 Å². The smallest absolute Gasteiger partial charge is 0.258 e. The van der Waals surface area contributed by atoms with Crippen LogP contribution < -0.4 is 11.1 Å². The fraction of sp³-hybridized carbons (Fsp3) is 0.0909. The number of amides is 1. The third-order valence-corrected chi connectivity index (χ3v) is 2.50. The van der Waals surface area contributed by atoms with Crippen molar-refractivity contribution in [2.24, 2.45) is 0 Å². The van der Waals surface area contributed by atoms with Gasteiger partial charge in [-0.1, -0.05) is 21.1 Å². The van der Waals surface area contributed by atoms with Crippen molar-refractivity contribution in [2.45, 2.75) is 6.92 Å². The first kappa shape index (κ1) is 11.7. The van der Waals surface area contributed by atoms with E-state index in [2.05, 4.69) is 26.4 Å². The highest BCUT2D eigenvalue weighted by Crippen LogP contribution is 2.18. The van der Waals surface area contributed by atoms with Gasteiger partial charge in [0.25, 0.3) is 5.91 Å². The average Bonchev–Trinajstić information content (AvgIpc) is 2.62. The Hall–Kier alpha value is -1.82. The summed E-state index contributed by atoms with van der Waals surface area (Å²) in [6.07, 6.45) is 0. The minimum atomic E-state index is -0.297. The van der Waals surface area contributed by atoms with E-state index < -0.39 is 0 Å². The van der Waals surface area contributed by atoms with Crippen LogP contribution in [0.1, 0.15) is 16.1 Å². The zero-order valence-electron chi connectivity index (χ0n) is 9.03. The Morgan fingerprint density at radius 1 is 1.41 bits per heavy atom. The number of aromatic nitrogens is 1. The summed E-state index contributed by atoms with van der Waals surface area (Å²) in [5.41, 5.74) is 7.31. The predicted molar refractivity (Wildman–Crippen MR) is 67.7 cm³/mol. The second-order valence-corrected chi connectivity index (χ2v) is 4.48. The van der Waals surface area contributed by atoms with Crippen LogP contribution in [0.5, 0.6) is 0 Å². The van der Waals surface area contributed by atoms with E-state index in [1.807, 2.05) is 0 Å². The molecule has 0 saturated carbocycles. The van der Waals surface area contributed by atoms with Crippen LogP contribution in [0.15, 0.2) is 33.3 Å². The van der Waals surface area contributed by atoms with E-state index in [1.165, 1.54) is 0 Å². The second-order valence-electron chi connectivity index (χ2n) is 3.56. The number of halogens is 1. The highest BCUT2D eigenvalue weighted by atomic mass is 79.9. The highest BCUT2D eigenvalue weighted by Gasteiger charge is 2.10. The van der Waals surface area contributed by atoms with Gasteiger partial charge in [-0.05, 0) is 25.1 Å². The summed E-state index contributed by atoms with van der Waals surface area (Å²) in [5, 5.41) is 6.26. The maximum absolute atomic E-state index is 11.9. The van der Waals surface area contributed by atoms with Crippen molar-refractivity contribution in [1.82, 2.24) is 5.16 Å². The van der Waals surface area contributed by atoms with Crippen molar-refractivity contribution < 1.29 is 9.32 Å². The van der Waals surface area contributed by atoms with Gasteiger partial charge < -0.3 is 10.3 Å². The summed E-state index contributed by atoms with van der Waals surface area (Å²) in [7, 11) is 0. The minimum Gasteiger partial charge on any atom is -0.399 e. The van der Waals surface area contributed by atoms with Gasteiger partial charge in [-0.3, -0.25) is 10.1 Å². The van der Waals surface area contributed by atoms with Crippen LogP contribution in [0.3, 0.4) is 0 Å². The van der Waals surface area contributed by atoms with Crippen LogP contribution in [-0.2, 0) is 0 Å². The molecule has 0 unspecified atom stereocenters. The molecule has 1 aromatic carbocycles. The number of rotatable bonds is 2. The summed E-state index contributed by atoms with van der Waals surface area (Å²) < 4.78 is 5.64. The van der Waals surface area contributed by atoms with Gasteiger partial charge in [0.15, 0.2) is 0 Å². The van der Waals surface area contributed by atoms with Gasteiger partial charge in [0.1, 0.15) is 0 Å². The molecule has 0 spiro atoms. The van der Waals surface area contributed by atoms with Gasteiger partial charge in [-0.15, -0.1) is 0 Å². The average molecular weight is 296 g/mol. The number of hydrogen-bond donors (Lipinski definition) is 2. The van der Waals surface area contributed by atoms with Crippen molar-refractivity contribution in [3.8, 4) is 0 Å². The predicted octanol–water partition coefficient (Wildman–Crippen LogP) is 2.58. The molecule has 0 saturated heterocycles.